The third-order valence-corrected chi connectivity index (χ3v) is 4.28. The van der Waals surface area contributed by atoms with Crippen LogP contribution in [-0.2, 0) is 13.1 Å². The molecule has 0 saturated carbocycles. The number of rotatable bonds is 5. The minimum atomic E-state index is -0.238. The fraction of sp³-hybridized carbons (Fsp3) is 0.176. The van der Waals surface area contributed by atoms with Crippen molar-refractivity contribution in [2.45, 2.75) is 20.0 Å². The summed E-state index contributed by atoms with van der Waals surface area (Å²) in [6, 6.07) is 10.2. The van der Waals surface area contributed by atoms with Crippen molar-refractivity contribution >= 4 is 11.3 Å². The van der Waals surface area contributed by atoms with Crippen LogP contribution >= 0.6 is 11.3 Å². The van der Waals surface area contributed by atoms with E-state index in [0.717, 1.165) is 23.6 Å². The first-order chi connectivity index (χ1) is 10.2. The Bertz CT molecular complexity index is 714. The molecule has 3 rings (SSSR count). The lowest BCUT2D eigenvalue weighted by Crippen LogP contribution is -2.12. The van der Waals surface area contributed by atoms with E-state index in [9.17, 15) is 4.39 Å². The third kappa shape index (κ3) is 3.40. The van der Waals surface area contributed by atoms with Crippen molar-refractivity contribution in [1.29, 1.82) is 0 Å². The highest BCUT2D eigenvalue weighted by atomic mass is 32.1. The molecule has 0 atom stereocenters. The highest BCUT2D eigenvalue weighted by Gasteiger charge is 2.05. The van der Waals surface area contributed by atoms with E-state index in [0.29, 0.717) is 6.54 Å². The topological polar surface area (TPSA) is 25.2 Å². The largest absolute Gasteiger partial charge is 0.460 e. The van der Waals surface area contributed by atoms with E-state index in [1.807, 2.05) is 12.1 Å². The van der Waals surface area contributed by atoms with E-state index in [2.05, 4.69) is 23.0 Å². The first-order valence-corrected chi connectivity index (χ1v) is 7.74. The summed E-state index contributed by atoms with van der Waals surface area (Å²) in [6.45, 7) is 3.63. The Balaban J connectivity index is 1.60. The minimum absolute atomic E-state index is 0.238. The number of aryl methyl sites for hydroxylation is 1. The lowest BCUT2D eigenvalue weighted by molar-refractivity contribution is 0.493. The molecular formula is C17H16FNOS. The molecule has 1 N–H and O–H groups in total. The van der Waals surface area contributed by atoms with Crippen LogP contribution in [0.2, 0.25) is 0 Å². The molecule has 2 heterocycles. The zero-order valence-corrected chi connectivity index (χ0v) is 12.5. The average Bonchev–Trinajstić information content (AvgIpc) is 3.10. The SMILES string of the molecule is Cc1cscc1CNCc1ccc(-c2ccc(F)cc2)o1. The van der Waals surface area contributed by atoms with E-state index in [-0.39, 0.29) is 5.82 Å². The van der Waals surface area contributed by atoms with Crippen molar-refractivity contribution in [3.8, 4) is 11.3 Å². The molecule has 21 heavy (non-hydrogen) atoms. The summed E-state index contributed by atoms with van der Waals surface area (Å²) in [5.41, 5.74) is 3.53. The highest BCUT2D eigenvalue weighted by Crippen LogP contribution is 2.22. The number of nitrogens with one attached hydrogen (secondary N) is 1. The van der Waals surface area contributed by atoms with Gasteiger partial charge in [-0.25, -0.2) is 4.39 Å². The number of halogens is 1. The van der Waals surface area contributed by atoms with E-state index < -0.39 is 0 Å². The van der Waals surface area contributed by atoms with Crippen LogP contribution in [0.1, 0.15) is 16.9 Å². The number of hydrogen-bond donors (Lipinski definition) is 1. The number of furan rings is 1. The van der Waals surface area contributed by atoms with Crippen LogP contribution in [-0.4, -0.2) is 0 Å². The predicted molar refractivity (Wildman–Crippen MR) is 83.7 cm³/mol. The molecule has 0 aliphatic carbocycles. The van der Waals surface area contributed by atoms with Gasteiger partial charge in [-0.3, -0.25) is 0 Å². The van der Waals surface area contributed by atoms with E-state index in [1.165, 1.54) is 23.3 Å². The minimum Gasteiger partial charge on any atom is -0.460 e. The molecule has 0 aliphatic heterocycles. The zero-order valence-electron chi connectivity index (χ0n) is 11.7. The van der Waals surface area contributed by atoms with E-state index >= 15 is 0 Å². The maximum absolute atomic E-state index is 12.9. The van der Waals surface area contributed by atoms with Crippen LogP contribution in [0, 0.1) is 12.7 Å². The third-order valence-electron chi connectivity index (χ3n) is 3.37. The normalized spacial score (nSPS) is 11.0. The molecule has 0 unspecified atom stereocenters. The highest BCUT2D eigenvalue weighted by molar-refractivity contribution is 7.08. The van der Waals surface area contributed by atoms with E-state index in [1.54, 1.807) is 23.5 Å². The summed E-state index contributed by atoms with van der Waals surface area (Å²) in [4.78, 5) is 0. The Kier molecular flexibility index (Phi) is 4.18. The van der Waals surface area contributed by atoms with Gasteiger partial charge in [0.15, 0.2) is 0 Å². The molecular weight excluding hydrogens is 285 g/mol. The fourth-order valence-electron chi connectivity index (χ4n) is 2.13. The van der Waals surface area contributed by atoms with Gasteiger partial charge in [-0.15, -0.1) is 0 Å². The average molecular weight is 301 g/mol. The second-order valence-electron chi connectivity index (χ2n) is 4.96. The van der Waals surface area contributed by atoms with Crippen LogP contribution in [0.5, 0.6) is 0 Å². The first kappa shape index (κ1) is 14.0. The number of hydrogen-bond acceptors (Lipinski definition) is 3. The Hall–Kier alpha value is -1.91. The maximum atomic E-state index is 12.9. The molecule has 0 amide bonds. The van der Waals surface area contributed by atoms with Crippen molar-refractivity contribution in [2.75, 3.05) is 0 Å². The smallest absolute Gasteiger partial charge is 0.134 e. The van der Waals surface area contributed by atoms with Gasteiger partial charge < -0.3 is 9.73 Å². The van der Waals surface area contributed by atoms with Crippen LogP contribution < -0.4 is 5.32 Å². The van der Waals surface area contributed by atoms with Crippen molar-refractivity contribution in [2.24, 2.45) is 0 Å². The molecule has 108 valence electrons. The molecule has 2 aromatic heterocycles. The second-order valence-corrected chi connectivity index (χ2v) is 5.70. The van der Waals surface area contributed by atoms with Gasteiger partial charge in [-0.2, -0.15) is 11.3 Å². The summed E-state index contributed by atoms with van der Waals surface area (Å²) in [5.74, 6) is 1.40. The Labute approximate surface area is 127 Å². The number of benzene rings is 1. The Morgan fingerprint density at radius 2 is 1.86 bits per heavy atom. The van der Waals surface area contributed by atoms with Gasteiger partial charge in [0.1, 0.15) is 17.3 Å². The molecule has 0 bridgehead atoms. The van der Waals surface area contributed by atoms with Gasteiger partial charge in [0.25, 0.3) is 0 Å². The second kappa shape index (κ2) is 6.24. The van der Waals surface area contributed by atoms with Crippen LogP contribution in [0.15, 0.2) is 51.6 Å². The Morgan fingerprint density at radius 3 is 2.57 bits per heavy atom. The summed E-state index contributed by atoms with van der Waals surface area (Å²) in [6.07, 6.45) is 0. The molecule has 0 radical (unpaired) electrons. The number of thiophene rings is 1. The standard InChI is InChI=1S/C17H16FNOS/c1-12-10-21-11-14(12)8-19-9-16-6-7-17(20-16)13-2-4-15(18)5-3-13/h2-7,10-11,19H,8-9H2,1H3. The van der Waals surface area contributed by atoms with Gasteiger partial charge in [-0.05, 0) is 65.2 Å². The van der Waals surface area contributed by atoms with Crippen molar-refractivity contribution in [3.05, 3.63) is 69.9 Å². The van der Waals surface area contributed by atoms with Gasteiger partial charge in [0.2, 0.25) is 0 Å². The van der Waals surface area contributed by atoms with E-state index in [4.69, 9.17) is 4.42 Å². The van der Waals surface area contributed by atoms with Crippen LogP contribution in [0.4, 0.5) is 4.39 Å². The lowest BCUT2D eigenvalue weighted by atomic mass is 10.2. The molecule has 2 nitrogen and oxygen atoms in total. The first-order valence-electron chi connectivity index (χ1n) is 6.79. The zero-order chi connectivity index (χ0) is 14.7. The lowest BCUT2D eigenvalue weighted by Gasteiger charge is -2.02. The Morgan fingerprint density at radius 1 is 1.05 bits per heavy atom. The van der Waals surface area contributed by atoms with Crippen molar-refractivity contribution < 1.29 is 8.81 Å². The monoisotopic (exact) mass is 301 g/mol. The molecule has 0 spiro atoms. The van der Waals surface area contributed by atoms with Gasteiger partial charge in [0, 0.05) is 12.1 Å². The van der Waals surface area contributed by atoms with Gasteiger partial charge in [0.05, 0.1) is 6.54 Å². The summed E-state index contributed by atoms with van der Waals surface area (Å²) < 4.78 is 18.7. The molecule has 3 aromatic rings. The van der Waals surface area contributed by atoms with Gasteiger partial charge in [-0.1, -0.05) is 0 Å². The summed E-state index contributed by atoms with van der Waals surface area (Å²) in [5, 5.41) is 7.68. The van der Waals surface area contributed by atoms with Gasteiger partial charge >= 0.3 is 0 Å². The predicted octanol–water partition coefficient (Wildman–Crippen LogP) is 4.75. The summed E-state index contributed by atoms with van der Waals surface area (Å²) >= 11 is 1.72. The quantitative estimate of drug-likeness (QED) is 0.736. The van der Waals surface area contributed by atoms with Crippen LogP contribution in [0.3, 0.4) is 0 Å². The molecule has 0 saturated heterocycles. The fourth-order valence-corrected chi connectivity index (χ4v) is 2.99. The molecule has 1 aromatic carbocycles. The van der Waals surface area contributed by atoms with Crippen molar-refractivity contribution in [3.63, 3.8) is 0 Å². The molecule has 0 aliphatic rings. The molecule has 0 fully saturated rings. The molecule has 4 heteroatoms. The summed E-state index contributed by atoms with van der Waals surface area (Å²) in [7, 11) is 0. The maximum Gasteiger partial charge on any atom is 0.134 e. The van der Waals surface area contributed by atoms with Crippen molar-refractivity contribution in [1.82, 2.24) is 5.32 Å². The van der Waals surface area contributed by atoms with Crippen LogP contribution in [0.25, 0.3) is 11.3 Å².